The second-order valence-electron chi connectivity index (χ2n) is 3.95. The van der Waals surface area contributed by atoms with E-state index in [0.717, 1.165) is 16.8 Å². The van der Waals surface area contributed by atoms with Crippen LogP contribution >= 0.6 is 0 Å². The third kappa shape index (κ3) is 2.74. The van der Waals surface area contributed by atoms with Crippen molar-refractivity contribution >= 4 is 11.6 Å². The smallest absolute Gasteiger partial charge is 0.221 e. The number of carbonyl (C=O) groups excluding carboxylic acids is 1. The van der Waals surface area contributed by atoms with Gasteiger partial charge in [-0.05, 0) is 35.4 Å². The summed E-state index contributed by atoms with van der Waals surface area (Å²) >= 11 is 0. The topological polar surface area (TPSA) is 52.9 Å². The van der Waals surface area contributed by atoms with Crippen LogP contribution in [0.25, 0.3) is 11.1 Å². The molecule has 1 N–H and O–H groups in total. The van der Waals surface area contributed by atoms with Crippen molar-refractivity contribution in [2.75, 3.05) is 5.32 Å². The molecule has 88 valence electrons. The summed E-state index contributed by atoms with van der Waals surface area (Å²) in [5, 5.41) is 11.6. The van der Waals surface area contributed by atoms with Gasteiger partial charge >= 0.3 is 0 Å². The summed E-state index contributed by atoms with van der Waals surface area (Å²) in [6.07, 6.45) is 0. The van der Waals surface area contributed by atoms with E-state index in [2.05, 4.69) is 11.4 Å². The van der Waals surface area contributed by atoms with Crippen LogP contribution in [0.15, 0.2) is 48.5 Å². The summed E-state index contributed by atoms with van der Waals surface area (Å²) in [5.74, 6) is -0.0991. The molecule has 0 bridgehead atoms. The van der Waals surface area contributed by atoms with E-state index in [-0.39, 0.29) is 5.91 Å². The number of nitriles is 1. The van der Waals surface area contributed by atoms with Crippen LogP contribution in [0.1, 0.15) is 12.5 Å². The van der Waals surface area contributed by atoms with Crippen LogP contribution in [0.4, 0.5) is 5.69 Å². The quantitative estimate of drug-likeness (QED) is 0.870. The molecular formula is C15H12N2O. The monoisotopic (exact) mass is 236 g/mol. The summed E-state index contributed by atoms with van der Waals surface area (Å²) in [5.41, 5.74) is 3.30. The molecule has 0 fully saturated rings. The molecule has 0 aliphatic heterocycles. The van der Waals surface area contributed by atoms with Gasteiger partial charge in [-0.15, -0.1) is 0 Å². The number of rotatable bonds is 2. The summed E-state index contributed by atoms with van der Waals surface area (Å²) in [6, 6.07) is 17.0. The highest BCUT2D eigenvalue weighted by molar-refractivity contribution is 5.89. The molecule has 0 radical (unpaired) electrons. The van der Waals surface area contributed by atoms with E-state index in [1.165, 1.54) is 6.92 Å². The second kappa shape index (κ2) is 5.15. The predicted molar refractivity (Wildman–Crippen MR) is 70.9 cm³/mol. The Bertz CT molecular complexity index is 626. The number of nitrogens with zero attached hydrogens (tertiary/aromatic N) is 1. The Hall–Kier alpha value is -2.60. The Morgan fingerprint density at radius 1 is 1.11 bits per heavy atom. The lowest BCUT2D eigenvalue weighted by atomic mass is 10.0. The molecule has 0 atom stereocenters. The molecule has 18 heavy (non-hydrogen) atoms. The van der Waals surface area contributed by atoms with Gasteiger partial charge < -0.3 is 5.32 Å². The first-order valence-corrected chi connectivity index (χ1v) is 5.57. The highest BCUT2D eigenvalue weighted by Gasteiger charge is 2.01. The average Bonchev–Trinajstić information content (AvgIpc) is 2.38. The first-order chi connectivity index (χ1) is 8.69. The number of carbonyl (C=O) groups is 1. The van der Waals surface area contributed by atoms with E-state index in [1.807, 2.05) is 42.5 Å². The fourth-order valence-corrected chi connectivity index (χ4v) is 1.75. The molecule has 2 aromatic carbocycles. The van der Waals surface area contributed by atoms with Crippen LogP contribution < -0.4 is 5.32 Å². The third-order valence-electron chi connectivity index (χ3n) is 2.51. The van der Waals surface area contributed by atoms with Crippen molar-refractivity contribution in [3.63, 3.8) is 0 Å². The lowest BCUT2D eigenvalue weighted by Crippen LogP contribution is -2.05. The first-order valence-electron chi connectivity index (χ1n) is 5.57. The number of amides is 1. The van der Waals surface area contributed by atoms with E-state index >= 15 is 0 Å². The van der Waals surface area contributed by atoms with Crippen molar-refractivity contribution in [1.29, 1.82) is 5.26 Å². The van der Waals surface area contributed by atoms with Crippen LogP contribution in [-0.2, 0) is 4.79 Å². The maximum atomic E-state index is 11.0. The van der Waals surface area contributed by atoms with Crippen LogP contribution in [0, 0.1) is 11.3 Å². The minimum atomic E-state index is -0.0991. The van der Waals surface area contributed by atoms with Crippen molar-refractivity contribution in [2.24, 2.45) is 0 Å². The number of anilines is 1. The molecule has 3 nitrogen and oxygen atoms in total. The van der Waals surface area contributed by atoms with E-state index in [4.69, 9.17) is 5.26 Å². The van der Waals surface area contributed by atoms with Gasteiger partial charge in [0, 0.05) is 12.6 Å². The van der Waals surface area contributed by atoms with Gasteiger partial charge in [-0.3, -0.25) is 4.79 Å². The van der Waals surface area contributed by atoms with Crippen molar-refractivity contribution in [1.82, 2.24) is 0 Å². The lowest BCUT2D eigenvalue weighted by Gasteiger charge is -2.06. The summed E-state index contributed by atoms with van der Waals surface area (Å²) < 4.78 is 0. The SMILES string of the molecule is CC(=O)Nc1cccc(-c2cccc(C#N)c2)c1. The minimum Gasteiger partial charge on any atom is -0.326 e. The molecule has 0 saturated heterocycles. The largest absolute Gasteiger partial charge is 0.326 e. The van der Waals surface area contributed by atoms with Crippen LogP contribution in [0.5, 0.6) is 0 Å². The molecule has 0 aromatic heterocycles. The van der Waals surface area contributed by atoms with Gasteiger partial charge in [-0.25, -0.2) is 0 Å². The zero-order chi connectivity index (χ0) is 13.0. The molecule has 2 rings (SSSR count). The molecule has 0 spiro atoms. The maximum Gasteiger partial charge on any atom is 0.221 e. The van der Waals surface area contributed by atoms with Gasteiger partial charge in [0.05, 0.1) is 11.6 Å². The molecule has 2 aromatic rings. The molecule has 0 heterocycles. The molecule has 0 aliphatic carbocycles. The molecule has 0 saturated carbocycles. The zero-order valence-electron chi connectivity index (χ0n) is 9.97. The fraction of sp³-hybridized carbons (Fsp3) is 0.0667. The fourth-order valence-electron chi connectivity index (χ4n) is 1.75. The Labute approximate surface area is 106 Å². The van der Waals surface area contributed by atoms with E-state index in [9.17, 15) is 4.79 Å². The van der Waals surface area contributed by atoms with Gasteiger partial charge in [0.1, 0.15) is 0 Å². The first kappa shape index (κ1) is 11.9. The van der Waals surface area contributed by atoms with Gasteiger partial charge in [-0.1, -0.05) is 24.3 Å². The Balaban J connectivity index is 2.38. The Morgan fingerprint density at radius 2 is 1.78 bits per heavy atom. The van der Waals surface area contributed by atoms with Crippen molar-refractivity contribution in [3.8, 4) is 17.2 Å². The lowest BCUT2D eigenvalue weighted by molar-refractivity contribution is -0.114. The van der Waals surface area contributed by atoms with Crippen LogP contribution in [-0.4, -0.2) is 5.91 Å². The molecule has 0 unspecified atom stereocenters. The summed E-state index contributed by atoms with van der Waals surface area (Å²) in [6.45, 7) is 1.48. The average molecular weight is 236 g/mol. The maximum absolute atomic E-state index is 11.0. The number of hydrogen-bond acceptors (Lipinski definition) is 2. The summed E-state index contributed by atoms with van der Waals surface area (Å²) in [4.78, 5) is 11.0. The highest BCUT2D eigenvalue weighted by Crippen LogP contribution is 2.23. The van der Waals surface area contributed by atoms with Crippen molar-refractivity contribution < 1.29 is 4.79 Å². The van der Waals surface area contributed by atoms with E-state index in [0.29, 0.717) is 5.56 Å². The second-order valence-corrected chi connectivity index (χ2v) is 3.95. The summed E-state index contributed by atoms with van der Waals surface area (Å²) in [7, 11) is 0. The van der Waals surface area contributed by atoms with Crippen LogP contribution in [0.3, 0.4) is 0 Å². The molecule has 3 heteroatoms. The molecule has 1 amide bonds. The van der Waals surface area contributed by atoms with Gasteiger partial charge in [0.2, 0.25) is 5.91 Å². The Kier molecular flexibility index (Phi) is 3.40. The van der Waals surface area contributed by atoms with Gasteiger partial charge in [-0.2, -0.15) is 5.26 Å². The zero-order valence-corrected chi connectivity index (χ0v) is 9.97. The number of benzene rings is 2. The van der Waals surface area contributed by atoms with Gasteiger partial charge in [0.25, 0.3) is 0 Å². The minimum absolute atomic E-state index is 0.0991. The highest BCUT2D eigenvalue weighted by atomic mass is 16.1. The van der Waals surface area contributed by atoms with Crippen LogP contribution in [0.2, 0.25) is 0 Å². The standard InChI is InChI=1S/C15H12N2O/c1-11(18)17-15-7-3-6-14(9-15)13-5-2-4-12(8-13)10-16/h2-9H,1H3,(H,17,18). The molecule has 0 aliphatic rings. The van der Waals surface area contributed by atoms with E-state index in [1.54, 1.807) is 6.07 Å². The number of nitrogens with one attached hydrogen (secondary N) is 1. The number of hydrogen-bond donors (Lipinski definition) is 1. The predicted octanol–water partition coefficient (Wildman–Crippen LogP) is 3.18. The third-order valence-corrected chi connectivity index (χ3v) is 2.51. The Morgan fingerprint density at radius 3 is 2.44 bits per heavy atom. The van der Waals surface area contributed by atoms with Crippen molar-refractivity contribution in [2.45, 2.75) is 6.92 Å². The van der Waals surface area contributed by atoms with E-state index < -0.39 is 0 Å². The normalized spacial score (nSPS) is 9.56. The van der Waals surface area contributed by atoms with Crippen molar-refractivity contribution in [3.05, 3.63) is 54.1 Å². The van der Waals surface area contributed by atoms with Gasteiger partial charge in [0.15, 0.2) is 0 Å². The molecular weight excluding hydrogens is 224 g/mol.